The molecule has 1 saturated heterocycles. The van der Waals surface area contributed by atoms with Crippen LogP contribution in [0.5, 0.6) is 5.75 Å². The summed E-state index contributed by atoms with van der Waals surface area (Å²) in [4.78, 5) is 13.3. The third-order valence-electron chi connectivity index (χ3n) is 5.19. The maximum absolute atomic E-state index is 14.3. The summed E-state index contributed by atoms with van der Waals surface area (Å²) < 4.78 is 59.0. The third-order valence-corrected chi connectivity index (χ3v) is 5.19. The largest absolute Gasteiger partial charge is 0.494 e. The molecule has 0 aliphatic carbocycles. The fourth-order valence-electron chi connectivity index (χ4n) is 3.79. The molecular weight excluding hydrogens is 390 g/mol. The summed E-state index contributed by atoms with van der Waals surface area (Å²) in [6, 6.07) is 8.41. The molecule has 1 aliphatic rings. The molecule has 0 radical (unpaired) electrons. The second-order valence-corrected chi connectivity index (χ2v) is 7.09. The molecule has 2 atom stereocenters. The van der Waals surface area contributed by atoms with E-state index < -0.39 is 35.5 Å². The van der Waals surface area contributed by atoms with Crippen molar-refractivity contribution < 1.29 is 32.2 Å². The molecule has 2 aromatic carbocycles. The second kappa shape index (κ2) is 8.41. The molecule has 156 valence electrons. The van der Waals surface area contributed by atoms with Gasteiger partial charge in [0.05, 0.1) is 24.6 Å². The normalized spacial score (nSPS) is 19.0. The topological polar surface area (TPSA) is 49.8 Å². The van der Waals surface area contributed by atoms with Crippen molar-refractivity contribution in [2.45, 2.75) is 25.1 Å². The number of benzene rings is 2. The molecule has 1 aliphatic heterocycles. The van der Waals surface area contributed by atoms with Crippen molar-refractivity contribution in [1.82, 2.24) is 4.90 Å². The number of carboxylic acid groups (broad SMARTS) is 1. The van der Waals surface area contributed by atoms with Gasteiger partial charge in [0, 0.05) is 6.54 Å². The molecule has 8 heteroatoms. The first-order chi connectivity index (χ1) is 13.7. The molecule has 2 unspecified atom stereocenters. The Labute approximate surface area is 165 Å². The number of alkyl halides is 3. The Morgan fingerprint density at radius 2 is 1.93 bits per heavy atom. The van der Waals surface area contributed by atoms with Gasteiger partial charge >= 0.3 is 12.1 Å². The van der Waals surface area contributed by atoms with Crippen LogP contribution in [0.25, 0.3) is 0 Å². The smallest absolute Gasteiger partial charge is 0.416 e. The van der Waals surface area contributed by atoms with E-state index in [2.05, 4.69) is 0 Å². The van der Waals surface area contributed by atoms with Crippen LogP contribution >= 0.6 is 0 Å². The number of nitrogens with zero attached hydrogens (tertiary/aromatic N) is 1. The molecule has 1 N–H and O–H groups in total. The lowest BCUT2D eigenvalue weighted by molar-refractivity contribution is -0.143. The van der Waals surface area contributed by atoms with Crippen molar-refractivity contribution in [2.24, 2.45) is 5.92 Å². The predicted octanol–water partition coefficient (Wildman–Crippen LogP) is 4.74. The standard InChI is InChI=1S/C21H21F4NO3/c1-29-18-8-7-14(11-17(18)22)19(26-9-3-5-15(12-26)20(27)28)13-4-2-6-16(10-13)21(23,24)25/h2,4,6-8,10-11,15,19H,3,5,9,12H2,1H3,(H,27,28). The van der Waals surface area contributed by atoms with Gasteiger partial charge in [-0.25, -0.2) is 4.39 Å². The number of carbonyl (C=O) groups is 1. The SMILES string of the molecule is COc1ccc(C(c2cccc(C(F)(F)F)c2)N2CCCC(C(=O)O)C2)cc1F. The van der Waals surface area contributed by atoms with Crippen molar-refractivity contribution in [3.05, 3.63) is 65.0 Å². The van der Waals surface area contributed by atoms with Crippen molar-refractivity contribution in [2.75, 3.05) is 20.2 Å². The third kappa shape index (κ3) is 4.70. The Kier molecular flexibility index (Phi) is 6.12. The molecule has 0 amide bonds. The van der Waals surface area contributed by atoms with Crippen molar-refractivity contribution in [3.8, 4) is 5.75 Å². The highest BCUT2D eigenvalue weighted by molar-refractivity contribution is 5.70. The van der Waals surface area contributed by atoms with E-state index in [-0.39, 0.29) is 12.3 Å². The van der Waals surface area contributed by atoms with E-state index >= 15 is 0 Å². The zero-order valence-electron chi connectivity index (χ0n) is 15.7. The number of aliphatic carboxylic acids is 1. The lowest BCUT2D eigenvalue weighted by Gasteiger charge is -2.37. The summed E-state index contributed by atoms with van der Waals surface area (Å²) in [6.07, 6.45) is -3.43. The van der Waals surface area contributed by atoms with Crippen LogP contribution < -0.4 is 4.74 Å². The number of hydrogen-bond donors (Lipinski definition) is 1. The molecule has 0 saturated carbocycles. The monoisotopic (exact) mass is 411 g/mol. The Morgan fingerprint density at radius 3 is 2.55 bits per heavy atom. The fourth-order valence-corrected chi connectivity index (χ4v) is 3.79. The summed E-state index contributed by atoms with van der Waals surface area (Å²) in [6.45, 7) is 0.669. The van der Waals surface area contributed by atoms with Crippen LogP contribution in [0.3, 0.4) is 0 Å². The summed E-state index contributed by atoms with van der Waals surface area (Å²) in [5.41, 5.74) is -0.0372. The number of halogens is 4. The van der Waals surface area contributed by atoms with Crippen molar-refractivity contribution in [1.29, 1.82) is 0 Å². The Balaban J connectivity index is 2.07. The molecule has 0 aromatic heterocycles. The van der Waals surface area contributed by atoms with Gasteiger partial charge in [-0.15, -0.1) is 0 Å². The quantitative estimate of drug-likeness (QED) is 0.723. The molecule has 4 nitrogen and oxygen atoms in total. The van der Waals surface area contributed by atoms with Crippen LogP contribution in [-0.4, -0.2) is 36.2 Å². The number of hydrogen-bond acceptors (Lipinski definition) is 3. The Hall–Kier alpha value is -2.61. The lowest BCUT2D eigenvalue weighted by Crippen LogP contribution is -2.41. The van der Waals surface area contributed by atoms with Gasteiger partial charge in [-0.2, -0.15) is 13.2 Å². The molecule has 0 bridgehead atoms. The summed E-state index contributed by atoms with van der Waals surface area (Å²) >= 11 is 0. The highest BCUT2D eigenvalue weighted by atomic mass is 19.4. The molecule has 1 heterocycles. The van der Waals surface area contributed by atoms with Crippen molar-refractivity contribution in [3.63, 3.8) is 0 Å². The summed E-state index contributed by atoms with van der Waals surface area (Å²) in [7, 11) is 1.32. The van der Waals surface area contributed by atoms with Crippen molar-refractivity contribution >= 4 is 5.97 Å². The van der Waals surface area contributed by atoms with Gasteiger partial charge in [0.25, 0.3) is 0 Å². The average molecular weight is 411 g/mol. The summed E-state index contributed by atoms with van der Waals surface area (Å²) in [5, 5.41) is 9.39. The minimum atomic E-state index is -4.52. The van der Waals surface area contributed by atoms with E-state index in [1.54, 1.807) is 17.0 Å². The van der Waals surface area contributed by atoms with Crippen LogP contribution in [0.1, 0.15) is 35.6 Å². The van der Waals surface area contributed by atoms with E-state index in [0.717, 1.165) is 12.1 Å². The fraction of sp³-hybridized carbons (Fsp3) is 0.381. The summed E-state index contributed by atoms with van der Waals surface area (Å²) in [5.74, 6) is -2.18. The van der Waals surface area contributed by atoms with Gasteiger partial charge in [0.1, 0.15) is 0 Å². The van der Waals surface area contributed by atoms with E-state index in [1.165, 1.54) is 25.3 Å². The van der Waals surface area contributed by atoms with E-state index in [0.29, 0.717) is 30.5 Å². The zero-order chi connectivity index (χ0) is 21.2. The zero-order valence-corrected chi connectivity index (χ0v) is 15.7. The first kappa shape index (κ1) is 21.1. The van der Waals surface area contributed by atoms with Gasteiger partial charge in [0.2, 0.25) is 0 Å². The van der Waals surface area contributed by atoms with Crippen LogP contribution in [0.4, 0.5) is 17.6 Å². The number of likely N-dealkylation sites (tertiary alicyclic amines) is 1. The average Bonchev–Trinajstić information content (AvgIpc) is 2.68. The molecular formula is C21H21F4NO3. The molecule has 1 fully saturated rings. The Morgan fingerprint density at radius 1 is 1.21 bits per heavy atom. The van der Waals surface area contributed by atoms with Crippen LogP contribution in [-0.2, 0) is 11.0 Å². The van der Waals surface area contributed by atoms with Crippen LogP contribution in [0.15, 0.2) is 42.5 Å². The van der Waals surface area contributed by atoms with Gasteiger partial charge < -0.3 is 9.84 Å². The molecule has 0 spiro atoms. The number of carboxylic acids is 1. The first-order valence-corrected chi connectivity index (χ1v) is 9.18. The van der Waals surface area contributed by atoms with E-state index in [9.17, 15) is 27.5 Å². The van der Waals surface area contributed by atoms with Gasteiger partial charge in [-0.05, 0) is 54.8 Å². The minimum absolute atomic E-state index is 0.0265. The minimum Gasteiger partial charge on any atom is -0.494 e. The van der Waals surface area contributed by atoms with E-state index in [1.807, 2.05) is 0 Å². The molecule has 2 aromatic rings. The maximum Gasteiger partial charge on any atom is 0.416 e. The van der Waals surface area contributed by atoms with E-state index in [4.69, 9.17) is 4.74 Å². The highest BCUT2D eigenvalue weighted by Crippen LogP contribution is 2.37. The van der Waals surface area contributed by atoms with Gasteiger partial charge in [0.15, 0.2) is 11.6 Å². The second-order valence-electron chi connectivity index (χ2n) is 7.09. The number of rotatable bonds is 5. The lowest BCUT2D eigenvalue weighted by atomic mass is 9.90. The molecule has 3 rings (SSSR count). The number of methoxy groups -OCH3 is 1. The van der Waals surface area contributed by atoms with Crippen LogP contribution in [0.2, 0.25) is 0 Å². The van der Waals surface area contributed by atoms with Gasteiger partial charge in [-0.3, -0.25) is 9.69 Å². The number of ether oxygens (including phenoxy) is 1. The van der Waals surface area contributed by atoms with Crippen LogP contribution in [0, 0.1) is 11.7 Å². The highest BCUT2D eigenvalue weighted by Gasteiger charge is 2.34. The number of piperidine rings is 1. The molecule has 29 heavy (non-hydrogen) atoms. The Bertz CT molecular complexity index is 884. The van der Waals surface area contributed by atoms with Gasteiger partial charge in [-0.1, -0.05) is 18.2 Å². The maximum atomic E-state index is 14.3. The first-order valence-electron chi connectivity index (χ1n) is 9.18. The predicted molar refractivity (Wildman–Crippen MR) is 98.2 cm³/mol.